The number of thiazole rings is 1. The van der Waals surface area contributed by atoms with Gasteiger partial charge in [-0.1, -0.05) is 0 Å². The van der Waals surface area contributed by atoms with Crippen LogP contribution in [0.2, 0.25) is 0 Å². The fraction of sp³-hybridized carbons (Fsp3) is 0.154. The van der Waals surface area contributed by atoms with Crippen molar-refractivity contribution >= 4 is 22.7 Å². The number of rotatable bonds is 2. The van der Waals surface area contributed by atoms with Gasteiger partial charge in [0.15, 0.2) is 16.5 Å². The van der Waals surface area contributed by atoms with Crippen molar-refractivity contribution in [1.82, 2.24) is 15.0 Å². The minimum Gasteiger partial charge on any atom is -0.493 e. The van der Waals surface area contributed by atoms with Crippen molar-refractivity contribution in [3.63, 3.8) is 0 Å². The third kappa shape index (κ3) is 3.74. The van der Waals surface area contributed by atoms with Crippen LogP contribution in [0.1, 0.15) is 10.6 Å². The van der Waals surface area contributed by atoms with E-state index in [1.54, 1.807) is 0 Å². The van der Waals surface area contributed by atoms with Gasteiger partial charge in [-0.15, -0.1) is 22.7 Å². The number of nitrogens with zero attached hydrogens (tertiary/aromatic N) is 3. The van der Waals surface area contributed by atoms with Crippen LogP contribution in [0.15, 0.2) is 23.6 Å². The summed E-state index contributed by atoms with van der Waals surface area (Å²) in [4.78, 5) is 10.1. The van der Waals surface area contributed by atoms with E-state index in [4.69, 9.17) is 0 Å². The monoisotopic (exact) mass is 397 g/mol. The van der Waals surface area contributed by atoms with Crippen molar-refractivity contribution in [2.45, 2.75) is 12.4 Å². The molecule has 0 aliphatic carbocycles. The highest BCUT2D eigenvalue weighted by Gasteiger charge is 2.34. The smallest absolute Gasteiger partial charge is 0.434 e. The maximum Gasteiger partial charge on any atom is 0.434 e. The van der Waals surface area contributed by atoms with Gasteiger partial charge in [0.25, 0.3) is 0 Å². The molecule has 0 aliphatic heterocycles. The number of aromatic nitrogens is 3. The van der Waals surface area contributed by atoms with Gasteiger partial charge < -0.3 is 5.11 Å². The molecular weight excluding hydrogens is 392 g/mol. The molecular formula is C13H5F6N3OS2. The second-order valence-electron chi connectivity index (χ2n) is 4.63. The Labute approximate surface area is 143 Å². The standard InChI is InChI=1S/C13H5F6N3OS2/c14-12(15,16)7-4-24-11(21-7)10-20-5(3-9(23)22-10)6-1-2-8(25-6)13(17,18)19/h1-4H,(H,20,22,23). The Bertz CT molecular complexity index is 845. The summed E-state index contributed by atoms with van der Waals surface area (Å²) in [6.07, 6.45) is -9.18. The van der Waals surface area contributed by atoms with Gasteiger partial charge in [0, 0.05) is 11.4 Å². The normalized spacial score (nSPS) is 12.6. The molecule has 12 heteroatoms. The zero-order valence-electron chi connectivity index (χ0n) is 11.7. The molecule has 0 atom stereocenters. The van der Waals surface area contributed by atoms with Gasteiger partial charge in [-0.05, 0) is 12.1 Å². The quantitative estimate of drug-likeness (QED) is 0.614. The Kier molecular flexibility index (Phi) is 4.19. The summed E-state index contributed by atoms with van der Waals surface area (Å²) in [5.74, 6) is -0.900. The zero-order valence-corrected chi connectivity index (χ0v) is 13.3. The van der Waals surface area contributed by atoms with Crippen molar-refractivity contribution in [3.05, 3.63) is 34.2 Å². The summed E-state index contributed by atoms with van der Waals surface area (Å²) < 4.78 is 75.8. The molecule has 0 unspecified atom stereocenters. The van der Waals surface area contributed by atoms with Crippen LogP contribution in [0.3, 0.4) is 0 Å². The summed E-state index contributed by atoms with van der Waals surface area (Å²) in [6.45, 7) is 0. The fourth-order valence-electron chi connectivity index (χ4n) is 1.79. The van der Waals surface area contributed by atoms with E-state index >= 15 is 0 Å². The van der Waals surface area contributed by atoms with E-state index in [9.17, 15) is 31.4 Å². The molecule has 3 aromatic heterocycles. The van der Waals surface area contributed by atoms with Crippen molar-refractivity contribution in [2.24, 2.45) is 0 Å². The summed E-state index contributed by atoms with van der Waals surface area (Å²) in [5, 5.41) is 10.2. The SMILES string of the molecule is Oc1cc(-c2ccc(C(F)(F)F)s2)nc(-c2nc(C(F)(F)F)cs2)n1. The predicted molar refractivity (Wildman–Crippen MR) is 78.1 cm³/mol. The number of aromatic hydroxyl groups is 1. The molecule has 25 heavy (non-hydrogen) atoms. The van der Waals surface area contributed by atoms with Crippen molar-refractivity contribution in [3.8, 4) is 27.3 Å². The highest BCUT2D eigenvalue weighted by atomic mass is 32.1. The predicted octanol–water partition coefficient (Wildman–Crippen LogP) is 5.07. The lowest BCUT2D eigenvalue weighted by molar-refractivity contribution is -0.140. The first-order valence-corrected chi connectivity index (χ1v) is 8.02. The average Bonchev–Trinajstić information content (AvgIpc) is 3.15. The Morgan fingerprint density at radius 3 is 2.20 bits per heavy atom. The Hall–Kier alpha value is -2.21. The second kappa shape index (κ2) is 5.95. The molecule has 0 bridgehead atoms. The lowest BCUT2D eigenvalue weighted by Gasteiger charge is -2.03. The highest BCUT2D eigenvalue weighted by Crippen LogP contribution is 2.39. The van der Waals surface area contributed by atoms with Crippen LogP contribution in [-0.4, -0.2) is 20.1 Å². The molecule has 0 aliphatic rings. The van der Waals surface area contributed by atoms with E-state index in [1.165, 1.54) is 0 Å². The first-order chi connectivity index (χ1) is 11.5. The Morgan fingerprint density at radius 1 is 0.920 bits per heavy atom. The van der Waals surface area contributed by atoms with Gasteiger partial charge in [0.2, 0.25) is 5.88 Å². The lowest BCUT2D eigenvalue weighted by Crippen LogP contribution is -2.05. The van der Waals surface area contributed by atoms with E-state index in [-0.39, 0.29) is 21.4 Å². The average molecular weight is 397 g/mol. The van der Waals surface area contributed by atoms with E-state index < -0.39 is 28.8 Å². The van der Waals surface area contributed by atoms with Crippen LogP contribution >= 0.6 is 22.7 Å². The molecule has 3 heterocycles. The second-order valence-corrected chi connectivity index (χ2v) is 6.57. The van der Waals surface area contributed by atoms with Gasteiger partial charge in [-0.25, -0.2) is 9.97 Å². The van der Waals surface area contributed by atoms with Crippen LogP contribution in [0, 0.1) is 0 Å². The van der Waals surface area contributed by atoms with E-state index in [2.05, 4.69) is 15.0 Å². The van der Waals surface area contributed by atoms with Gasteiger partial charge in [0.05, 0.1) is 10.6 Å². The van der Waals surface area contributed by atoms with Gasteiger partial charge in [-0.3, -0.25) is 0 Å². The molecule has 0 spiro atoms. The third-order valence-electron chi connectivity index (χ3n) is 2.84. The minimum atomic E-state index is -4.65. The number of hydrogen-bond donors (Lipinski definition) is 1. The molecule has 3 rings (SSSR count). The molecule has 0 aromatic carbocycles. The number of halogens is 6. The molecule has 0 saturated heterocycles. The molecule has 0 amide bonds. The molecule has 0 saturated carbocycles. The molecule has 0 fully saturated rings. The van der Waals surface area contributed by atoms with Gasteiger partial charge in [-0.2, -0.15) is 31.3 Å². The Balaban J connectivity index is 2.01. The maximum absolute atomic E-state index is 12.7. The van der Waals surface area contributed by atoms with Gasteiger partial charge in [0.1, 0.15) is 4.88 Å². The molecule has 132 valence electrons. The van der Waals surface area contributed by atoms with E-state index in [0.29, 0.717) is 22.7 Å². The zero-order chi connectivity index (χ0) is 18.4. The van der Waals surface area contributed by atoms with Crippen molar-refractivity contribution < 1.29 is 31.4 Å². The number of hydrogen-bond acceptors (Lipinski definition) is 6. The highest BCUT2D eigenvalue weighted by molar-refractivity contribution is 7.15. The first-order valence-electron chi connectivity index (χ1n) is 6.32. The third-order valence-corrected chi connectivity index (χ3v) is 4.83. The maximum atomic E-state index is 12.7. The van der Waals surface area contributed by atoms with Crippen molar-refractivity contribution in [1.29, 1.82) is 0 Å². The van der Waals surface area contributed by atoms with Crippen LogP contribution < -0.4 is 0 Å². The first kappa shape index (κ1) is 17.6. The summed E-state index contributed by atoms with van der Waals surface area (Å²) in [7, 11) is 0. The van der Waals surface area contributed by atoms with Crippen LogP contribution in [0.5, 0.6) is 5.88 Å². The molecule has 3 aromatic rings. The van der Waals surface area contributed by atoms with Crippen molar-refractivity contribution in [2.75, 3.05) is 0 Å². The van der Waals surface area contributed by atoms with Gasteiger partial charge >= 0.3 is 12.4 Å². The summed E-state index contributed by atoms with van der Waals surface area (Å²) >= 11 is 0.999. The summed E-state index contributed by atoms with van der Waals surface area (Å²) in [6, 6.07) is 3.03. The van der Waals surface area contributed by atoms with Crippen LogP contribution in [0.25, 0.3) is 21.4 Å². The number of thiophene rings is 1. The molecule has 1 N–H and O–H groups in total. The van der Waals surface area contributed by atoms with Crippen LogP contribution in [0.4, 0.5) is 26.3 Å². The minimum absolute atomic E-state index is 0.0493. The summed E-state index contributed by atoms with van der Waals surface area (Å²) in [5.41, 5.74) is -1.19. The topological polar surface area (TPSA) is 58.9 Å². The Morgan fingerprint density at radius 2 is 1.64 bits per heavy atom. The molecule has 4 nitrogen and oxygen atoms in total. The lowest BCUT2D eigenvalue weighted by atomic mass is 10.3. The van der Waals surface area contributed by atoms with E-state index in [1.807, 2.05) is 0 Å². The fourth-order valence-corrected chi connectivity index (χ4v) is 3.38. The molecule has 0 radical (unpaired) electrons. The van der Waals surface area contributed by atoms with E-state index in [0.717, 1.165) is 23.6 Å². The number of alkyl halides is 6. The largest absolute Gasteiger partial charge is 0.493 e. The van der Waals surface area contributed by atoms with Crippen LogP contribution in [-0.2, 0) is 12.4 Å².